The maximum absolute atomic E-state index is 11.5. The van der Waals surface area contributed by atoms with Crippen LogP contribution in [0.25, 0.3) is 11.1 Å². The number of carbonyl (C=O) groups excluding carboxylic acids is 1. The fraction of sp³-hybridized carbons (Fsp3) is 0.375. The lowest BCUT2D eigenvalue weighted by atomic mass is 9.98. The first-order valence-corrected chi connectivity index (χ1v) is 7.22. The zero-order valence-electron chi connectivity index (χ0n) is 12.3. The molecule has 0 saturated heterocycles. The van der Waals surface area contributed by atoms with Gasteiger partial charge in [-0.1, -0.05) is 31.5 Å². The van der Waals surface area contributed by atoms with E-state index in [0.29, 0.717) is 10.6 Å². The molecular formula is C16H19ClN2O. The van der Waals surface area contributed by atoms with Crippen LogP contribution in [0.2, 0.25) is 5.02 Å². The van der Waals surface area contributed by atoms with Gasteiger partial charge < -0.3 is 0 Å². The van der Waals surface area contributed by atoms with E-state index in [4.69, 9.17) is 11.6 Å². The van der Waals surface area contributed by atoms with Crippen LogP contribution in [0.5, 0.6) is 0 Å². The molecule has 1 aromatic heterocycles. The maximum atomic E-state index is 11.5. The molecule has 0 N–H and O–H groups in total. The normalized spacial score (nSPS) is 10.8. The lowest BCUT2D eigenvalue weighted by Gasteiger charge is -2.08. The van der Waals surface area contributed by atoms with Gasteiger partial charge >= 0.3 is 0 Å². The second kappa shape index (κ2) is 5.80. The maximum Gasteiger partial charge on any atom is 0.161 e. The van der Waals surface area contributed by atoms with Crippen molar-refractivity contribution < 1.29 is 4.79 Å². The summed E-state index contributed by atoms with van der Waals surface area (Å²) in [6.45, 7) is 5.74. The number of hydrogen-bond acceptors (Lipinski definition) is 2. The van der Waals surface area contributed by atoms with Crippen LogP contribution in [0.4, 0.5) is 0 Å². The van der Waals surface area contributed by atoms with Gasteiger partial charge in [-0.05, 0) is 37.5 Å². The van der Waals surface area contributed by atoms with Crippen LogP contribution in [-0.2, 0) is 19.9 Å². The first-order valence-electron chi connectivity index (χ1n) is 6.85. The van der Waals surface area contributed by atoms with Gasteiger partial charge in [-0.2, -0.15) is 5.10 Å². The minimum atomic E-state index is -0.0147. The van der Waals surface area contributed by atoms with Crippen molar-refractivity contribution in [2.75, 3.05) is 0 Å². The van der Waals surface area contributed by atoms with Crippen molar-refractivity contribution >= 4 is 17.4 Å². The third kappa shape index (κ3) is 2.50. The molecule has 0 fully saturated rings. The van der Waals surface area contributed by atoms with Gasteiger partial charge in [0.25, 0.3) is 0 Å². The van der Waals surface area contributed by atoms with Gasteiger partial charge in [-0.3, -0.25) is 9.48 Å². The van der Waals surface area contributed by atoms with E-state index >= 15 is 0 Å². The van der Waals surface area contributed by atoms with E-state index in [0.717, 1.165) is 29.7 Å². The molecule has 0 saturated carbocycles. The van der Waals surface area contributed by atoms with Gasteiger partial charge in [-0.25, -0.2) is 0 Å². The summed E-state index contributed by atoms with van der Waals surface area (Å²) in [6.07, 6.45) is 1.78. The average molecular weight is 291 g/mol. The lowest BCUT2D eigenvalue weighted by molar-refractivity contribution is 0.101. The van der Waals surface area contributed by atoms with E-state index in [-0.39, 0.29) is 5.78 Å². The molecule has 4 heteroatoms. The highest BCUT2D eigenvalue weighted by molar-refractivity contribution is 6.34. The molecule has 3 nitrogen and oxygen atoms in total. The summed E-state index contributed by atoms with van der Waals surface area (Å²) >= 11 is 6.22. The van der Waals surface area contributed by atoms with Crippen molar-refractivity contribution in [2.45, 2.75) is 33.6 Å². The monoisotopic (exact) mass is 290 g/mol. The Kier molecular flexibility index (Phi) is 4.29. The SMILES string of the molecule is CCc1nn(C)c(CC)c1-c1ccc(C(C)=O)c(Cl)c1. The number of ketones is 1. The zero-order valence-corrected chi connectivity index (χ0v) is 13.1. The second-order valence-electron chi connectivity index (χ2n) is 4.85. The van der Waals surface area contributed by atoms with Crippen molar-refractivity contribution in [2.24, 2.45) is 7.05 Å². The first-order chi connectivity index (χ1) is 9.49. The first kappa shape index (κ1) is 14.8. The number of aromatic nitrogens is 2. The molecule has 0 spiro atoms. The Labute approximate surface area is 124 Å². The quantitative estimate of drug-likeness (QED) is 0.796. The Morgan fingerprint density at radius 2 is 2.00 bits per heavy atom. The minimum absolute atomic E-state index is 0.0147. The summed E-state index contributed by atoms with van der Waals surface area (Å²) in [6, 6.07) is 5.62. The van der Waals surface area contributed by atoms with E-state index in [9.17, 15) is 4.79 Å². The van der Waals surface area contributed by atoms with Gasteiger partial charge in [0.1, 0.15) is 0 Å². The smallest absolute Gasteiger partial charge is 0.161 e. The van der Waals surface area contributed by atoms with E-state index in [1.807, 2.05) is 23.9 Å². The van der Waals surface area contributed by atoms with Crippen LogP contribution in [0.3, 0.4) is 0 Å². The molecule has 2 rings (SSSR count). The molecule has 0 bridgehead atoms. The average Bonchev–Trinajstić information content (AvgIpc) is 2.74. The summed E-state index contributed by atoms with van der Waals surface area (Å²) in [7, 11) is 1.97. The molecule has 0 aliphatic carbocycles. The Hall–Kier alpha value is -1.61. The Morgan fingerprint density at radius 3 is 2.50 bits per heavy atom. The van der Waals surface area contributed by atoms with Crippen molar-refractivity contribution in [1.82, 2.24) is 9.78 Å². The van der Waals surface area contributed by atoms with E-state index in [2.05, 4.69) is 18.9 Å². The number of nitrogens with zero attached hydrogens (tertiary/aromatic N) is 2. The molecule has 20 heavy (non-hydrogen) atoms. The molecule has 1 heterocycles. The molecule has 0 aliphatic heterocycles. The summed E-state index contributed by atoms with van der Waals surface area (Å²) < 4.78 is 1.93. The number of hydrogen-bond donors (Lipinski definition) is 0. The highest BCUT2D eigenvalue weighted by Gasteiger charge is 2.17. The fourth-order valence-electron chi connectivity index (χ4n) is 2.56. The van der Waals surface area contributed by atoms with E-state index in [1.54, 1.807) is 6.07 Å². The van der Waals surface area contributed by atoms with Gasteiger partial charge in [0.2, 0.25) is 0 Å². The largest absolute Gasteiger partial charge is 0.294 e. The number of rotatable bonds is 4. The molecule has 0 atom stereocenters. The predicted molar refractivity (Wildman–Crippen MR) is 82.4 cm³/mol. The van der Waals surface area contributed by atoms with Gasteiger partial charge in [0.05, 0.1) is 10.7 Å². The Morgan fingerprint density at radius 1 is 1.30 bits per heavy atom. The van der Waals surface area contributed by atoms with Crippen molar-refractivity contribution in [1.29, 1.82) is 0 Å². The van der Waals surface area contributed by atoms with Crippen LogP contribution in [0, 0.1) is 0 Å². The third-order valence-corrected chi connectivity index (χ3v) is 3.86. The van der Waals surface area contributed by atoms with Gasteiger partial charge in [-0.15, -0.1) is 0 Å². The molecule has 0 unspecified atom stereocenters. The summed E-state index contributed by atoms with van der Waals surface area (Å²) in [5.41, 5.74) is 5.00. The molecule has 106 valence electrons. The van der Waals surface area contributed by atoms with Gasteiger partial charge in [0, 0.05) is 23.9 Å². The highest BCUT2D eigenvalue weighted by atomic mass is 35.5. The van der Waals surface area contributed by atoms with E-state index < -0.39 is 0 Å². The number of halogens is 1. The van der Waals surface area contributed by atoms with Crippen LogP contribution in [0.1, 0.15) is 42.5 Å². The Balaban J connectivity index is 2.62. The summed E-state index contributed by atoms with van der Waals surface area (Å²) in [4.78, 5) is 11.5. The van der Waals surface area contributed by atoms with Crippen LogP contribution < -0.4 is 0 Å². The summed E-state index contributed by atoms with van der Waals surface area (Å²) in [5.74, 6) is -0.0147. The third-order valence-electron chi connectivity index (χ3n) is 3.55. The van der Waals surface area contributed by atoms with E-state index in [1.165, 1.54) is 12.6 Å². The predicted octanol–water partition coefficient (Wildman–Crippen LogP) is 4.07. The minimum Gasteiger partial charge on any atom is -0.294 e. The molecule has 0 radical (unpaired) electrons. The number of carbonyl (C=O) groups is 1. The summed E-state index contributed by atoms with van der Waals surface area (Å²) in [5, 5.41) is 5.07. The Bertz CT molecular complexity index is 659. The number of Topliss-reactive ketones (excluding diaryl/α,β-unsaturated/α-hetero) is 1. The zero-order chi connectivity index (χ0) is 14.9. The van der Waals surface area contributed by atoms with Crippen molar-refractivity contribution in [3.63, 3.8) is 0 Å². The molecule has 0 aliphatic rings. The lowest BCUT2D eigenvalue weighted by Crippen LogP contribution is -1.97. The van der Waals surface area contributed by atoms with Crippen molar-refractivity contribution in [3.8, 4) is 11.1 Å². The van der Waals surface area contributed by atoms with Crippen LogP contribution in [-0.4, -0.2) is 15.6 Å². The molecule has 2 aromatic rings. The van der Waals surface area contributed by atoms with Crippen molar-refractivity contribution in [3.05, 3.63) is 40.2 Å². The van der Waals surface area contributed by atoms with Gasteiger partial charge in [0.15, 0.2) is 5.78 Å². The molecular weight excluding hydrogens is 272 g/mol. The highest BCUT2D eigenvalue weighted by Crippen LogP contribution is 2.31. The van der Waals surface area contributed by atoms with Crippen LogP contribution in [0.15, 0.2) is 18.2 Å². The number of aryl methyl sites for hydroxylation is 2. The molecule has 0 amide bonds. The standard InChI is InChI=1S/C16H19ClN2O/c1-5-14-16(15(6-2)19(4)18-14)11-7-8-12(10(3)20)13(17)9-11/h7-9H,5-6H2,1-4H3. The number of benzene rings is 1. The van der Waals surface area contributed by atoms with Crippen LogP contribution >= 0.6 is 11.6 Å². The second-order valence-corrected chi connectivity index (χ2v) is 5.26. The molecule has 1 aromatic carbocycles. The fourth-order valence-corrected chi connectivity index (χ4v) is 2.88. The topological polar surface area (TPSA) is 34.9 Å².